The second kappa shape index (κ2) is 6.07. The first-order valence-corrected chi connectivity index (χ1v) is 6.57. The highest BCUT2D eigenvalue weighted by Gasteiger charge is 2.25. The molecule has 1 fully saturated rings. The van der Waals surface area contributed by atoms with Crippen molar-refractivity contribution in [3.05, 3.63) is 0 Å². The van der Waals surface area contributed by atoms with E-state index in [1.807, 2.05) is 0 Å². The second-order valence-electron chi connectivity index (χ2n) is 6.07. The number of carbonyl (C=O) groups excluding carboxylic acids is 2. The van der Waals surface area contributed by atoms with E-state index in [-0.39, 0.29) is 11.8 Å². The van der Waals surface area contributed by atoms with E-state index >= 15 is 0 Å². The summed E-state index contributed by atoms with van der Waals surface area (Å²) >= 11 is 0. The van der Waals surface area contributed by atoms with Crippen molar-refractivity contribution in [2.75, 3.05) is 0 Å². The molecule has 0 radical (unpaired) electrons. The molecule has 1 saturated carbocycles. The van der Waals surface area contributed by atoms with E-state index in [0.717, 1.165) is 25.7 Å². The first-order chi connectivity index (χ1) is 8.28. The molecule has 0 aromatic heterocycles. The molecule has 0 unspecified atom stereocenters. The third kappa shape index (κ3) is 5.38. The van der Waals surface area contributed by atoms with Crippen LogP contribution in [-0.2, 0) is 9.53 Å². The molecule has 0 bridgehead atoms. The highest BCUT2D eigenvalue weighted by Crippen LogP contribution is 2.28. The minimum atomic E-state index is -0.625. The largest absolute Gasteiger partial charge is 0.443 e. The molecule has 18 heavy (non-hydrogen) atoms. The van der Waals surface area contributed by atoms with Gasteiger partial charge < -0.3 is 4.74 Å². The van der Waals surface area contributed by atoms with Crippen LogP contribution in [-0.4, -0.2) is 17.6 Å². The summed E-state index contributed by atoms with van der Waals surface area (Å²) in [5.41, 5.74) is 4.15. The normalized spacial score (nSPS) is 24.2. The summed E-state index contributed by atoms with van der Waals surface area (Å²) in [5, 5.41) is 0. The van der Waals surface area contributed by atoms with E-state index in [9.17, 15) is 9.59 Å². The number of rotatable bonds is 1. The van der Waals surface area contributed by atoms with Crippen LogP contribution in [0, 0.1) is 11.8 Å². The van der Waals surface area contributed by atoms with Crippen LogP contribution in [0.15, 0.2) is 0 Å². The van der Waals surface area contributed by atoms with Crippen molar-refractivity contribution in [1.29, 1.82) is 0 Å². The Labute approximate surface area is 109 Å². The van der Waals surface area contributed by atoms with E-state index in [1.165, 1.54) is 0 Å². The smallest absolute Gasteiger partial charge is 0.426 e. The first-order valence-electron chi connectivity index (χ1n) is 6.57. The fourth-order valence-corrected chi connectivity index (χ4v) is 2.04. The van der Waals surface area contributed by atoms with Crippen LogP contribution in [0.4, 0.5) is 4.79 Å². The maximum atomic E-state index is 11.8. The van der Waals surface area contributed by atoms with Crippen LogP contribution in [0.2, 0.25) is 0 Å². The minimum Gasteiger partial charge on any atom is -0.443 e. The van der Waals surface area contributed by atoms with Gasteiger partial charge in [-0.25, -0.2) is 10.2 Å². The lowest BCUT2D eigenvalue weighted by Gasteiger charge is -2.25. The Morgan fingerprint density at radius 3 is 2.11 bits per heavy atom. The van der Waals surface area contributed by atoms with Gasteiger partial charge in [-0.1, -0.05) is 6.92 Å². The van der Waals surface area contributed by atoms with E-state index in [2.05, 4.69) is 17.8 Å². The van der Waals surface area contributed by atoms with E-state index < -0.39 is 11.7 Å². The zero-order valence-electron chi connectivity index (χ0n) is 11.7. The van der Waals surface area contributed by atoms with Crippen LogP contribution >= 0.6 is 0 Å². The SMILES string of the molecule is CC1CCC(C(=O)NNC(=O)OC(C)(C)C)CC1. The molecule has 0 aliphatic heterocycles. The first kappa shape index (κ1) is 14.8. The molecule has 2 N–H and O–H groups in total. The average molecular weight is 256 g/mol. The molecule has 0 aromatic carbocycles. The van der Waals surface area contributed by atoms with Crippen LogP contribution in [0.5, 0.6) is 0 Å². The molecule has 0 atom stereocenters. The third-order valence-electron chi connectivity index (χ3n) is 3.07. The van der Waals surface area contributed by atoms with Crippen LogP contribution in [0.1, 0.15) is 53.4 Å². The molecular formula is C13H24N2O3. The van der Waals surface area contributed by atoms with Crippen molar-refractivity contribution in [2.24, 2.45) is 11.8 Å². The number of nitrogens with one attached hydrogen (secondary N) is 2. The summed E-state index contributed by atoms with van der Waals surface area (Å²) in [6.07, 6.45) is 3.31. The summed E-state index contributed by atoms with van der Waals surface area (Å²) in [6, 6.07) is 0. The average Bonchev–Trinajstić information content (AvgIpc) is 2.24. The fourth-order valence-electron chi connectivity index (χ4n) is 2.04. The fraction of sp³-hybridized carbons (Fsp3) is 0.846. The number of ether oxygens (including phenoxy) is 1. The Balaban J connectivity index is 2.27. The molecule has 0 heterocycles. The maximum absolute atomic E-state index is 11.8. The van der Waals surface area contributed by atoms with Crippen LogP contribution < -0.4 is 10.9 Å². The van der Waals surface area contributed by atoms with Crippen molar-refractivity contribution in [1.82, 2.24) is 10.9 Å². The van der Waals surface area contributed by atoms with Gasteiger partial charge in [0, 0.05) is 5.92 Å². The van der Waals surface area contributed by atoms with Gasteiger partial charge in [0.15, 0.2) is 0 Å². The number of amides is 2. The van der Waals surface area contributed by atoms with Crippen molar-refractivity contribution < 1.29 is 14.3 Å². The van der Waals surface area contributed by atoms with Gasteiger partial charge in [0.1, 0.15) is 5.60 Å². The molecule has 1 rings (SSSR count). The Kier molecular flexibility index (Phi) is 4.99. The van der Waals surface area contributed by atoms with Gasteiger partial charge in [-0.05, 0) is 52.4 Å². The van der Waals surface area contributed by atoms with Gasteiger partial charge in [-0.3, -0.25) is 10.2 Å². The zero-order valence-corrected chi connectivity index (χ0v) is 11.7. The van der Waals surface area contributed by atoms with E-state index in [0.29, 0.717) is 5.92 Å². The van der Waals surface area contributed by atoms with Gasteiger partial charge >= 0.3 is 6.09 Å². The lowest BCUT2D eigenvalue weighted by molar-refractivity contribution is -0.127. The molecule has 1 aliphatic carbocycles. The standard InChI is InChI=1S/C13H24N2O3/c1-9-5-7-10(8-6-9)11(16)14-15-12(17)18-13(2,3)4/h9-10H,5-8H2,1-4H3,(H,14,16)(H,15,17). The van der Waals surface area contributed by atoms with Crippen LogP contribution in [0.3, 0.4) is 0 Å². The molecule has 5 heteroatoms. The van der Waals surface area contributed by atoms with Crippen molar-refractivity contribution in [3.63, 3.8) is 0 Å². The lowest BCUT2D eigenvalue weighted by atomic mass is 9.83. The molecule has 104 valence electrons. The Morgan fingerprint density at radius 2 is 1.61 bits per heavy atom. The summed E-state index contributed by atoms with van der Waals surface area (Å²) < 4.78 is 5.03. The number of hydrogen-bond acceptors (Lipinski definition) is 3. The quantitative estimate of drug-likeness (QED) is 0.708. The molecule has 0 spiro atoms. The predicted octanol–water partition coefficient (Wildman–Crippen LogP) is 2.37. The lowest BCUT2D eigenvalue weighted by Crippen LogP contribution is -2.47. The minimum absolute atomic E-state index is 0.0103. The molecule has 0 aromatic rings. The highest BCUT2D eigenvalue weighted by atomic mass is 16.6. The summed E-state index contributed by atoms with van der Waals surface area (Å²) in [5.74, 6) is 0.594. The Morgan fingerprint density at radius 1 is 1.06 bits per heavy atom. The van der Waals surface area contributed by atoms with Crippen molar-refractivity contribution >= 4 is 12.0 Å². The van der Waals surface area contributed by atoms with Gasteiger partial charge in [-0.2, -0.15) is 0 Å². The van der Waals surface area contributed by atoms with E-state index in [4.69, 9.17) is 4.74 Å². The molecule has 0 saturated heterocycles. The number of hydrazine groups is 1. The number of carbonyl (C=O) groups is 2. The monoisotopic (exact) mass is 256 g/mol. The molecule has 2 amide bonds. The molecule has 1 aliphatic rings. The molecule has 5 nitrogen and oxygen atoms in total. The second-order valence-corrected chi connectivity index (χ2v) is 6.07. The third-order valence-corrected chi connectivity index (χ3v) is 3.07. The van der Waals surface area contributed by atoms with Gasteiger partial charge in [0.25, 0.3) is 0 Å². The number of hydrogen-bond donors (Lipinski definition) is 2. The topological polar surface area (TPSA) is 67.4 Å². The Bertz CT molecular complexity index is 302. The van der Waals surface area contributed by atoms with E-state index in [1.54, 1.807) is 20.8 Å². The predicted molar refractivity (Wildman–Crippen MR) is 68.6 cm³/mol. The van der Waals surface area contributed by atoms with Gasteiger partial charge in [-0.15, -0.1) is 0 Å². The highest BCUT2D eigenvalue weighted by molar-refractivity contribution is 5.81. The van der Waals surface area contributed by atoms with Crippen LogP contribution in [0.25, 0.3) is 0 Å². The van der Waals surface area contributed by atoms with Gasteiger partial charge in [0.2, 0.25) is 5.91 Å². The summed E-state index contributed by atoms with van der Waals surface area (Å²) in [6.45, 7) is 7.53. The maximum Gasteiger partial charge on any atom is 0.426 e. The van der Waals surface area contributed by atoms with Gasteiger partial charge in [0.05, 0.1) is 0 Å². The Hall–Kier alpha value is -1.26. The molecular weight excluding hydrogens is 232 g/mol. The van der Waals surface area contributed by atoms with Crippen molar-refractivity contribution in [3.8, 4) is 0 Å². The van der Waals surface area contributed by atoms with Crippen molar-refractivity contribution in [2.45, 2.75) is 59.0 Å². The zero-order chi connectivity index (χ0) is 13.8. The summed E-state index contributed by atoms with van der Waals surface area (Å²) in [4.78, 5) is 23.1. The summed E-state index contributed by atoms with van der Waals surface area (Å²) in [7, 11) is 0.